The first kappa shape index (κ1) is 23.5. The molecule has 0 aliphatic heterocycles. The fourth-order valence-electron chi connectivity index (χ4n) is 3.05. The standard InChI is InChI=1S/C25H34N2O3/c1-7-20(5)26-25(29)21(6)27(15-22-11-9-8-10-18(22)3)24(28)16-30-23-13-12-17(2)19(4)14-23/h8-14,20-21H,7,15-16H2,1-6H3,(H,26,29). The second-order valence-electron chi connectivity index (χ2n) is 7.98. The predicted molar refractivity (Wildman–Crippen MR) is 120 cm³/mol. The van der Waals surface area contributed by atoms with Crippen molar-refractivity contribution in [3.8, 4) is 5.75 Å². The van der Waals surface area contributed by atoms with Crippen LogP contribution in [-0.4, -0.2) is 35.4 Å². The summed E-state index contributed by atoms with van der Waals surface area (Å²) in [5, 5.41) is 2.98. The Morgan fingerprint density at radius 2 is 1.70 bits per heavy atom. The molecule has 0 bridgehead atoms. The van der Waals surface area contributed by atoms with Crippen LogP contribution in [0.1, 0.15) is 49.4 Å². The lowest BCUT2D eigenvalue weighted by atomic mass is 10.1. The number of benzene rings is 2. The summed E-state index contributed by atoms with van der Waals surface area (Å²) >= 11 is 0. The Labute approximate surface area is 180 Å². The van der Waals surface area contributed by atoms with Crippen molar-refractivity contribution < 1.29 is 14.3 Å². The summed E-state index contributed by atoms with van der Waals surface area (Å²) in [4.78, 5) is 27.4. The van der Waals surface area contributed by atoms with E-state index in [9.17, 15) is 9.59 Å². The molecule has 0 fully saturated rings. The molecule has 0 radical (unpaired) electrons. The van der Waals surface area contributed by atoms with Gasteiger partial charge in [-0.3, -0.25) is 9.59 Å². The number of nitrogens with zero attached hydrogens (tertiary/aromatic N) is 1. The molecule has 30 heavy (non-hydrogen) atoms. The molecular formula is C25H34N2O3. The number of hydrogen-bond acceptors (Lipinski definition) is 3. The summed E-state index contributed by atoms with van der Waals surface area (Å²) in [7, 11) is 0. The van der Waals surface area contributed by atoms with Gasteiger partial charge in [-0.1, -0.05) is 37.3 Å². The molecule has 0 saturated heterocycles. The lowest BCUT2D eigenvalue weighted by Crippen LogP contribution is -2.50. The Kier molecular flexibility index (Phi) is 8.46. The van der Waals surface area contributed by atoms with Crippen LogP contribution >= 0.6 is 0 Å². The van der Waals surface area contributed by atoms with Crippen LogP contribution in [-0.2, 0) is 16.1 Å². The van der Waals surface area contributed by atoms with Crippen LogP contribution in [0.25, 0.3) is 0 Å². The van der Waals surface area contributed by atoms with E-state index in [1.165, 1.54) is 5.56 Å². The van der Waals surface area contributed by atoms with Gasteiger partial charge in [-0.25, -0.2) is 0 Å². The smallest absolute Gasteiger partial charge is 0.261 e. The summed E-state index contributed by atoms with van der Waals surface area (Å²) in [6.45, 7) is 12.0. The maximum absolute atomic E-state index is 13.1. The third kappa shape index (κ3) is 6.34. The molecule has 5 nitrogen and oxygen atoms in total. The molecule has 162 valence electrons. The number of amides is 2. The van der Waals surface area contributed by atoms with Gasteiger partial charge in [-0.2, -0.15) is 0 Å². The van der Waals surface area contributed by atoms with Gasteiger partial charge in [0.25, 0.3) is 5.91 Å². The van der Waals surface area contributed by atoms with Gasteiger partial charge in [-0.15, -0.1) is 0 Å². The van der Waals surface area contributed by atoms with Gasteiger partial charge in [-0.05, 0) is 75.4 Å². The van der Waals surface area contributed by atoms with Crippen molar-refractivity contribution >= 4 is 11.8 Å². The van der Waals surface area contributed by atoms with Gasteiger partial charge in [0.15, 0.2) is 6.61 Å². The monoisotopic (exact) mass is 410 g/mol. The highest BCUT2D eigenvalue weighted by Crippen LogP contribution is 2.18. The van der Waals surface area contributed by atoms with Crippen molar-refractivity contribution in [3.05, 3.63) is 64.7 Å². The zero-order chi connectivity index (χ0) is 22.3. The third-order valence-corrected chi connectivity index (χ3v) is 5.61. The van der Waals surface area contributed by atoms with Gasteiger partial charge < -0.3 is 15.0 Å². The number of carbonyl (C=O) groups excluding carboxylic acids is 2. The lowest BCUT2D eigenvalue weighted by Gasteiger charge is -2.30. The summed E-state index contributed by atoms with van der Waals surface area (Å²) in [6.07, 6.45) is 0.833. The molecule has 2 rings (SSSR count). The summed E-state index contributed by atoms with van der Waals surface area (Å²) in [5.74, 6) is 0.278. The van der Waals surface area contributed by atoms with E-state index in [0.29, 0.717) is 12.3 Å². The first-order valence-electron chi connectivity index (χ1n) is 10.6. The number of carbonyl (C=O) groups is 2. The first-order valence-corrected chi connectivity index (χ1v) is 10.6. The molecule has 0 saturated carbocycles. The summed E-state index contributed by atoms with van der Waals surface area (Å²) in [6, 6.07) is 13.1. The second-order valence-corrected chi connectivity index (χ2v) is 7.98. The van der Waals surface area contributed by atoms with Crippen LogP contribution in [0, 0.1) is 20.8 Å². The molecule has 0 aromatic heterocycles. The van der Waals surface area contributed by atoms with Crippen molar-refractivity contribution in [2.24, 2.45) is 0 Å². The van der Waals surface area contributed by atoms with Crippen molar-refractivity contribution in [1.29, 1.82) is 0 Å². The zero-order valence-electron chi connectivity index (χ0n) is 19.0. The Bertz CT molecular complexity index is 878. The largest absolute Gasteiger partial charge is 0.484 e. The average Bonchev–Trinajstić information content (AvgIpc) is 2.73. The maximum atomic E-state index is 13.1. The van der Waals surface area contributed by atoms with Crippen molar-refractivity contribution in [1.82, 2.24) is 10.2 Å². The van der Waals surface area contributed by atoms with Gasteiger partial charge in [0, 0.05) is 12.6 Å². The number of rotatable bonds is 9. The highest BCUT2D eigenvalue weighted by atomic mass is 16.5. The minimum atomic E-state index is -0.602. The molecule has 2 unspecified atom stereocenters. The van der Waals surface area contributed by atoms with Crippen LogP contribution in [0.5, 0.6) is 5.75 Å². The van der Waals surface area contributed by atoms with Crippen LogP contribution < -0.4 is 10.1 Å². The van der Waals surface area contributed by atoms with E-state index in [1.54, 1.807) is 11.8 Å². The fourth-order valence-corrected chi connectivity index (χ4v) is 3.05. The van der Waals surface area contributed by atoms with Crippen LogP contribution in [0.15, 0.2) is 42.5 Å². The second kappa shape index (κ2) is 10.8. The number of aryl methyl sites for hydroxylation is 3. The summed E-state index contributed by atoms with van der Waals surface area (Å²) < 4.78 is 5.76. The number of hydrogen-bond donors (Lipinski definition) is 1. The van der Waals surface area contributed by atoms with E-state index in [-0.39, 0.29) is 24.5 Å². The molecule has 2 aromatic carbocycles. The van der Waals surface area contributed by atoms with E-state index in [2.05, 4.69) is 5.32 Å². The molecular weight excluding hydrogens is 376 g/mol. The Morgan fingerprint density at radius 3 is 2.33 bits per heavy atom. The fraction of sp³-hybridized carbons (Fsp3) is 0.440. The highest BCUT2D eigenvalue weighted by molar-refractivity contribution is 5.88. The van der Waals surface area contributed by atoms with Gasteiger partial charge in [0.2, 0.25) is 5.91 Å². The lowest BCUT2D eigenvalue weighted by molar-refractivity contribution is -0.142. The minimum Gasteiger partial charge on any atom is -0.484 e. The average molecular weight is 411 g/mol. The topological polar surface area (TPSA) is 58.6 Å². The number of ether oxygens (including phenoxy) is 1. The van der Waals surface area contributed by atoms with E-state index in [1.807, 2.05) is 77.1 Å². The van der Waals surface area contributed by atoms with Crippen LogP contribution in [0.4, 0.5) is 0 Å². The molecule has 1 N–H and O–H groups in total. The third-order valence-electron chi connectivity index (χ3n) is 5.61. The highest BCUT2D eigenvalue weighted by Gasteiger charge is 2.27. The van der Waals surface area contributed by atoms with Gasteiger partial charge >= 0.3 is 0 Å². The Balaban J connectivity index is 2.18. The molecule has 0 aliphatic rings. The van der Waals surface area contributed by atoms with Crippen molar-refractivity contribution in [2.45, 2.75) is 66.6 Å². The quantitative estimate of drug-likeness (QED) is 0.670. The Morgan fingerprint density at radius 1 is 1.00 bits per heavy atom. The molecule has 5 heteroatoms. The van der Waals surface area contributed by atoms with Gasteiger partial charge in [0.1, 0.15) is 11.8 Å². The molecule has 2 atom stereocenters. The minimum absolute atomic E-state index is 0.0575. The van der Waals surface area contributed by atoms with Gasteiger partial charge in [0.05, 0.1) is 0 Å². The van der Waals surface area contributed by atoms with E-state index in [0.717, 1.165) is 23.1 Å². The first-order chi connectivity index (χ1) is 14.2. The molecule has 0 heterocycles. The van der Waals surface area contributed by atoms with Crippen molar-refractivity contribution in [2.75, 3.05) is 6.61 Å². The van der Waals surface area contributed by atoms with Crippen LogP contribution in [0.3, 0.4) is 0 Å². The van der Waals surface area contributed by atoms with E-state index in [4.69, 9.17) is 4.74 Å². The summed E-state index contributed by atoms with van der Waals surface area (Å²) in [5.41, 5.74) is 4.38. The SMILES string of the molecule is CCC(C)NC(=O)C(C)N(Cc1ccccc1C)C(=O)COc1ccc(C)c(C)c1. The molecule has 0 aliphatic carbocycles. The van der Waals surface area contributed by atoms with Crippen LogP contribution in [0.2, 0.25) is 0 Å². The van der Waals surface area contributed by atoms with E-state index < -0.39 is 6.04 Å². The molecule has 2 aromatic rings. The maximum Gasteiger partial charge on any atom is 0.261 e. The molecule has 2 amide bonds. The Hall–Kier alpha value is -2.82. The van der Waals surface area contributed by atoms with Crippen molar-refractivity contribution in [3.63, 3.8) is 0 Å². The normalized spacial score (nSPS) is 12.7. The zero-order valence-corrected chi connectivity index (χ0v) is 19.0. The molecule has 0 spiro atoms. The predicted octanol–water partition coefficient (Wildman–Crippen LogP) is 4.32. The van der Waals surface area contributed by atoms with E-state index >= 15 is 0 Å². The number of nitrogens with one attached hydrogen (secondary N) is 1.